The minimum absolute atomic E-state index is 0.00329. The van der Waals surface area contributed by atoms with E-state index in [1.807, 2.05) is 0 Å². The Balaban J connectivity index is 2.06. The number of ether oxygens (including phenoxy) is 1. The van der Waals surface area contributed by atoms with E-state index in [1.54, 1.807) is 6.92 Å². The number of esters is 1. The van der Waals surface area contributed by atoms with Crippen LogP contribution in [0.4, 0.5) is 5.69 Å². The molecule has 1 heterocycles. The van der Waals surface area contributed by atoms with Crippen LogP contribution in [0.2, 0.25) is 0 Å². The molecule has 2 rings (SSSR count). The fourth-order valence-corrected chi connectivity index (χ4v) is 3.06. The van der Waals surface area contributed by atoms with Gasteiger partial charge in [-0.15, -0.1) is 11.8 Å². The van der Waals surface area contributed by atoms with Gasteiger partial charge in [-0.25, -0.2) is 9.69 Å². The predicted octanol–water partition coefficient (Wildman–Crippen LogP) is 1.31. The molecule has 1 aromatic carbocycles. The number of hydrogen-bond acceptors (Lipinski definition) is 6. The summed E-state index contributed by atoms with van der Waals surface area (Å²) < 4.78 is 4.79. The third-order valence-corrected chi connectivity index (χ3v) is 4.36. The zero-order valence-corrected chi connectivity index (χ0v) is 13.2. The van der Waals surface area contributed by atoms with E-state index in [0.717, 1.165) is 16.7 Å². The van der Waals surface area contributed by atoms with Crippen LogP contribution in [-0.4, -0.2) is 46.5 Å². The van der Waals surface area contributed by atoms with Crippen LogP contribution in [0, 0.1) is 0 Å². The maximum Gasteiger partial charge on any atom is 0.335 e. The van der Waals surface area contributed by atoms with Gasteiger partial charge in [-0.1, -0.05) is 0 Å². The van der Waals surface area contributed by atoms with Crippen LogP contribution in [0.15, 0.2) is 24.3 Å². The van der Waals surface area contributed by atoms with Gasteiger partial charge in [0.05, 0.1) is 28.9 Å². The van der Waals surface area contributed by atoms with Gasteiger partial charge >= 0.3 is 11.9 Å². The number of anilines is 1. The number of hydrogen-bond donors (Lipinski definition) is 1. The Morgan fingerprint density at radius 2 is 1.96 bits per heavy atom. The first-order chi connectivity index (χ1) is 10.9. The van der Waals surface area contributed by atoms with Crippen LogP contribution < -0.4 is 4.90 Å². The number of thioether (sulfide) groups is 1. The van der Waals surface area contributed by atoms with E-state index in [4.69, 9.17) is 9.84 Å². The van der Waals surface area contributed by atoms with Crippen molar-refractivity contribution in [1.82, 2.24) is 0 Å². The Kier molecular flexibility index (Phi) is 5.38. The van der Waals surface area contributed by atoms with Gasteiger partial charge in [0, 0.05) is 6.42 Å². The highest BCUT2D eigenvalue weighted by Gasteiger charge is 2.40. The zero-order valence-electron chi connectivity index (χ0n) is 12.4. The molecule has 0 aliphatic carbocycles. The van der Waals surface area contributed by atoms with Gasteiger partial charge in [0.25, 0.3) is 0 Å². The van der Waals surface area contributed by atoms with E-state index in [2.05, 4.69) is 0 Å². The summed E-state index contributed by atoms with van der Waals surface area (Å²) in [5, 5.41) is 8.22. The van der Waals surface area contributed by atoms with Crippen molar-refractivity contribution in [2.45, 2.75) is 18.6 Å². The van der Waals surface area contributed by atoms with Crippen LogP contribution in [0.5, 0.6) is 0 Å². The van der Waals surface area contributed by atoms with Crippen molar-refractivity contribution in [3.63, 3.8) is 0 Å². The molecule has 0 radical (unpaired) electrons. The lowest BCUT2D eigenvalue weighted by Crippen LogP contribution is -2.31. The quantitative estimate of drug-likeness (QED) is 0.617. The first-order valence-electron chi connectivity index (χ1n) is 6.91. The molecule has 122 valence electrons. The van der Waals surface area contributed by atoms with Crippen LogP contribution >= 0.6 is 11.8 Å². The second kappa shape index (κ2) is 7.28. The highest BCUT2D eigenvalue weighted by molar-refractivity contribution is 8.01. The lowest BCUT2D eigenvalue weighted by Gasteiger charge is -2.15. The van der Waals surface area contributed by atoms with Crippen LogP contribution in [0.1, 0.15) is 23.7 Å². The first-order valence-corrected chi connectivity index (χ1v) is 7.96. The smallest absolute Gasteiger partial charge is 0.335 e. The Labute approximate surface area is 136 Å². The monoisotopic (exact) mass is 337 g/mol. The van der Waals surface area contributed by atoms with Gasteiger partial charge < -0.3 is 9.84 Å². The maximum atomic E-state index is 12.3. The first kappa shape index (κ1) is 17.0. The molecule has 8 heteroatoms. The molecular weight excluding hydrogens is 322 g/mol. The largest absolute Gasteiger partial charge is 0.478 e. The molecule has 1 saturated heterocycles. The number of amides is 2. The molecule has 1 aliphatic heterocycles. The Hall–Kier alpha value is -2.35. The second-order valence-corrected chi connectivity index (χ2v) is 5.92. The van der Waals surface area contributed by atoms with Gasteiger partial charge in [-0.3, -0.25) is 14.4 Å². The maximum absolute atomic E-state index is 12.3. The molecule has 7 nitrogen and oxygen atoms in total. The zero-order chi connectivity index (χ0) is 17.0. The highest BCUT2D eigenvalue weighted by atomic mass is 32.2. The molecule has 0 spiro atoms. The number of aromatic carboxylic acids is 1. The summed E-state index contributed by atoms with van der Waals surface area (Å²) in [6.45, 7) is 1.95. The Morgan fingerprint density at radius 1 is 1.30 bits per heavy atom. The Morgan fingerprint density at radius 3 is 2.52 bits per heavy atom. The van der Waals surface area contributed by atoms with Gasteiger partial charge in [0.2, 0.25) is 11.8 Å². The number of imide groups is 1. The van der Waals surface area contributed by atoms with E-state index >= 15 is 0 Å². The molecule has 1 fully saturated rings. The van der Waals surface area contributed by atoms with Crippen molar-refractivity contribution in [2.75, 3.05) is 17.3 Å². The number of carbonyl (C=O) groups is 4. The van der Waals surface area contributed by atoms with Crippen LogP contribution in [-0.2, 0) is 19.1 Å². The fourth-order valence-electron chi connectivity index (χ4n) is 2.13. The van der Waals surface area contributed by atoms with Crippen molar-refractivity contribution in [2.24, 2.45) is 0 Å². The van der Waals surface area contributed by atoms with Crippen molar-refractivity contribution < 1.29 is 29.0 Å². The SMILES string of the molecule is CCOC(=O)CS[C@H]1CC(=O)N(c2ccc(C(=O)O)cc2)C1=O. The molecular formula is C15H15NO6S. The molecule has 1 atom stereocenters. The molecule has 1 aliphatic rings. The number of nitrogens with zero attached hydrogens (tertiary/aromatic N) is 1. The molecule has 0 aromatic heterocycles. The average Bonchev–Trinajstić information content (AvgIpc) is 2.80. The van der Waals surface area contributed by atoms with E-state index in [0.29, 0.717) is 5.69 Å². The molecule has 1 aromatic rings. The van der Waals surface area contributed by atoms with Crippen molar-refractivity contribution >= 4 is 41.2 Å². The molecule has 0 saturated carbocycles. The Bertz CT molecular complexity index is 642. The lowest BCUT2D eigenvalue weighted by atomic mass is 10.2. The highest BCUT2D eigenvalue weighted by Crippen LogP contribution is 2.29. The molecule has 0 bridgehead atoms. The predicted molar refractivity (Wildman–Crippen MR) is 83.4 cm³/mol. The molecule has 2 amide bonds. The lowest BCUT2D eigenvalue weighted by molar-refractivity contribution is -0.139. The summed E-state index contributed by atoms with van der Waals surface area (Å²) in [5.41, 5.74) is 0.394. The summed E-state index contributed by atoms with van der Waals surface area (Å²) in [4.78, 5) is 47.5. The van der Waals surface area contributed by atoms with E-state index < -0.39 is 23.1 Å². The average molecular weight is 337 g/mol. The summed E-state index contributed by atoms with van der Waals surface area (Å²) in [7, 11) is 0. The third kappa shape index (κ3) is 3.89. The number of carboxylic acids is 1. The summed E-state index contributed by atoms with van der Waals surface area (Å²) >= 11 is 1.07. The van der Waals surface area contributed by atoms with Crippen molar-refractivity contribution in [3.8, 4) is 0 Å². The molecule has 1 N–H and O–H groups in total. The van der Waals surface area contributed by atoms with Gasteiger partial charge in [-0.05, 0) is 31.2 Å². The normalized spacial score (nSPS) is 17.4. The number of rotatable bonds is 6. The van der Waals surface area contributed by atoms with E-state index in [-0.39, 0.29) is 30.3 Å². The van der Waals surface area contributed by atoms with Gasteiger partial charge in [0.15, 0.2) is 0 Å². The topological polar surface area (TPSA) is 101 Å². The van der Waals surface area contributed by atoms with E-state index in [1.165, 1.54) is 24.3 Å². The molecule has 0 unspecified atom stereocenters. The summed E-state index contributed by atoms with van der Waals surface area (Å²) in [6, 6.07) is 5.49. The van der Waals surface area contributed by atoms with Crippen molar-refractivity contribution in [1.29, 1.82) is 0 Å². The number of benzene rings is 1. The summed E-state index contributed by atoms with van der Waals surface area (Å²) in [6.07, 6.45) is 0.00356. The van der Waals surface area contributed by atoms with E-state index in [9.17, 15) is 19.2 Å². The van der Waals surface area contributed by atoms with Crippen LogP contribution in [0.3, 0.4) is 0 Å². The number of carbonyl (C=O) groups excluding carboxylic acids is 3. The second-order valence-electron chi connectivity index (χ2n) is 4.73. The van der Waals surface area contributed by atoms with Crippen molar-refractivity contribution in [3.05, 3.63) is 29.8 Å². The van der Waals surface area contributed by atoms with Gasteiger partial charge in [-0.2, -0.15) is 0 Å². The minimum atomic E-state index is -1.08. The van der Waals surface area contributed by atoms with Gasteiger partial charge in [0.1, 0.15) is 0 Å². The van der Waals surface area contributed by atoms with Crippen LogP contribution in [0.25, 0.3) is 0 Å². The third-order valence-electron chi connectivity index (χ3n) is 3.19. The number of carboxylic acid groups (broad SMARTS) is 1. The molecule has 23 heavy (non-hydrogen) atoms. The summed E-state index contributed by atoms with van der Waals surface area (Å²) in [5.74, 6) is -2.30. The minimum Gasteiger partial charge on any atom is -0.478 e. The standard InChI is InChI=1S/C15H15NO6S/c1-2-22-13(18)8-23-11-7-12(17)16(14(11)19)10-5-3-9(4-6-10)15(20)21/h3-6,11H,2,7-8H2,1H3,(H,20,21)/t11-/m0/s1. The fraction of sp³-hybridized carbons (Fsp3) is 0.333.